The molecule has 6 nitrogen and oxygen atoms in total. The van der Waals surface area contributed by atoms with Crippen LogP contribution < -0.4 is 9.47 Å². The summed E-state index contributed by atoms with van der Waals surface area (Å²) in [5, 5.41) is 5.74. The van der Waals surface area contributed by atoms with Crippen LogP contribution in [0.1, 0.15) is 38.1 Å². The van der Waals surface area contributed by atoms with Gasteiger partial charge in [-0.25, -0.2) is 0 Å². The average molecular weight is 461 g/mol. The molecule has 0 unspecified atom stereocenters. The quantitative estimate of drug-likeness (QED) is 0.439. The van der Waals surface area contributed by atoms with Crippen LogP contribution in [0.3, 0.4) is 0 Å². The molecule has 0 atom stereocenters. The van der Waals surface area contributed by atoms with Crippen molar-refractivity contribution < 1.29 is 19.0 Å². The number of esters is 1. The van der Waals surface area contributed by atoms with Gasteiger partial charge in [-0.2, -0.15) is 5.10 Å². The predicted molar refractivity (Wildman–Crippen MR) is 115 cm³/mol. The molecule has 0 saturated carbocycles. The largest absolute Gasteiger partial charge is 0.497 e. The van der Waals surface area contributed by atoms with Crippen LogP contribution in [0.15, 0.2) is 40.9 Å². The molecule has 3 aromatic rings. The second-order valence-electron chi connectivity index (χ2n) is 6.89. The van der Waals surface area contributed by atoms with Gasteiger partial charge in [-0.05, 0) is 45.0 Å². The smallest absolute Gasteiger partial charge is 0.310 e. The van der Waals surface area contributed by atoms with Crippen molar-refractivity contribution in [2.45, 2.75) is 39.8 Å². The van der Waals surface area contributed by atoms with Crippen molar-refractivity contribution in [2.24, 2.45) is 0 Å². The minimum Gasteiger partial charge on any atom is -0.497 e. The molecule has 0 radical (unpaired) electrons. The molecule has 1 aromatic heterocycles. The number of rotatable bonds is 8. The SMILES string of the molecule is CCOC(=O)Cc1ccc(OC)cc1OCc1c2cc(Br)ccc2nn1C(C)C. The third kappa shape index (κ3) is 4.90. The number of hydrogen-bond donors (Lipinski definition) is 0. The third-order valence-corrected chi connectivity index (χ3v) is 5.02. The van der Waals surface area contributed by atoms with Gasteiger partial charge in [0.05, 0.1) is 31.3 Å². The maximum Gasteiger partial charge on any atom is 0.310 e. The summed E-state index contributed by atoms with van der Waals surface area (Å²) in [6.45, 7) is 6.62. The highest BCUT2D eigenvalue weighted by molar-refractivity contribution is 9.10. The number of carbonyl (C=O) groups is 1. The predicted octanol–water partition coefficient (Wildman–Crippen LogP) is 5.07. The molecule has 29 heavy (non-hydrogen) atoms. The van der Waals surface area contributed by atoms with Gasteiger partial charge >= 0.3 is 5.97 Å². The van der Waals surface area contributed by atoms with E-state index in [1.54, 1.807) is 20.1 Å². The fourth-order valence-corrected chi connectivity index (χ4v) is 3.51. The van der Waals surface area contributed by atoms with Crippen molar-refractivity contribution in [3.05, 3.63) is 52.1 Å². The molecule has 0 aliphatic rings. The van der Waals surface area contributed by atoms with Crippen LogP contribution in [0.5, 0.6) is 11.5 Å². The van der Waals surface area contributed by atoms with Gasteiger partial charge in [-0.15, -0.1) is 0 Å². The Bertz CT molecular complexity index is 1010. The molecular weight excluding hydrogens is 436 g/mol. The van der Waals surface area contributed by atoms with Gasteiger partial charge < -0.3 is 14.2 Å². The van der Waals surface area contributed by atoms with E-state index >= 15 is 0 Å². The topological polar surface area (TPSA) is 62.6 Å². The van der Waals surface area contributed by atoms with E-state index in [1.807, 2.05) is 35.0 Å². The van der Waals surface area contributed by atoms with Gasteiger partial charge in [-0.1, -0.05) is 22.0 Å². The first-order chi connectivity index (χ1) is 13.9. The van der Waals surface area contributed by atoms with Crippen LogP contribution in [0.25, 0.3) is 10.9 Å². The lowest BCUT2D eigenvalue weighted by Gasteiger charge is -2.15. The van der Waals surface area contributed by atoms with Crippen molar-refractivity contribution in [3.8, 4) is 11.5 Å². The van der Waals surface area contributed by atoms with E-state index in [2.05, 4.69) is 29.8 Å². The van der Waals surface area contributed by atoms with Crippen molar-refractivity contribution >= 4 is 32.8 Å². The monoisotopic (exact) mass is 460 g/mol. The number of nitrogens with zero attached hydrogens (tertiary/aromatic N) is 2. The van der Waals surface area contributed by atoms with E-state index < -0.39 is 0 Å². The molecule has 154 valence electrons. The minimum atomic E-state index is -0.288. The Morgan fingerprint density at radius 2 is 2.00 bits per heavy atom. The summed E-state index contributed by atoms with van der Waals surface area (Å²) in [5.74, 6) is 0.971. The number of ether oxygens (including phenoxy) is 3. The highest BCUT2D eigenvalue weighted by atomic mass is 79.9. The normalized spacial score (nSPS) is 11.1. The molecule has 0 N–H and O–H groups in total. The van der Waals surface area contributed by atoms with Gasteiger partial charge in [0.25, 0.3) is 0 Å². The Labute approximate surface area is 178 Å². The molecule has 1 heterocycles. The van der Waals surface area contributed by atoms with Gasteiger partial charge in [0.15, 0.2) is 0 Å². The highest BCUT2D eigenvalue weighted by Crippen LogP contribution is 2.29. The van der Waals surface area contributed by atoms with Crippen LogP contribution in [0.4, 0.5) is 0 Å². The molecule has 0 fully saturated rings. The molecule has 7 heteroatoms. The van der Waals surface area contributed by atoms with E-state index in [0.717, 1.165) is 26.6 Å². The lowest BCUT2D eigenvalue weighted by atomic mass is 10.1. The van der Waals surface area contributed by atoms with E-state index in [0.29, 0.717) is 24.7 Å². The van der Waals surface area contributed by atoms with Gasteiger partial charge in [-0.3, -0.25) is 9.48 Å². The summed E-state index contributed by atoms with van der Waals surface area (Å²) < 4.78 is 19.5. The number of aromatic nitrogens is 2. The fourth-order valence-electron chi connectivity index (χ4n) is 3.15. The van der Waals surface area contributed by atoms with Crippen molar-refractivity contribution in [2.75, 3.05) is 13.7 Å². The average Bonchev–Trinajstić information content (AvgIpc) is 3.05. The van der Waals surface area contributed by atoms with Crippen LogP contribution in [-0.4, -0.2) is 29.5 Å². The maximum atomic E-state index is 12.0. The van der Waals surface area contributed by atoms with E-state index in [4.69, 9.17) is 19.3 Å². The van der Waals surface area contributed by atoms with Crippen LogP contribution in [0.2, 0.25) is 0 Å². The molecule has 0 saturated heterocycles. The van der Waals surface area contributed by atoms with Gasteiger partial charge in [0, 0.05) is 27.5 Å². The van der Waals surface area contributed by atoms with Crippen LogP contribution in [0, 0.1) is 0 Å². The first kappa shape index (κ1) is 21.2. The Morgan fingerprint density at radius 3 is 2.69 bits per heavy atom. The fraction of sp³-hybridized carbons (Fsp3) is 0.364. The van der Waals surface area contributed by atoms with Crippen LogP contribution in [-0.2, 0) is 22.6 Å². The van der Waals surface area contributed by atoms with E-state index in [-0.39, 0.29) is 18.4 Å². The van der Waals surface area contributed by atoms with E-state index in [1.165, 1.54) is 0 Å². The molecular formula is C22H25BrN2O4. The Hall–Kier alpha value is -2.54. The third-order valence-electron chi connectivity index (χ3n) is 4.53. The summed E-state index contributed by atoms with van der Waals surface area (Å²) in [4.78, 5) is 12.0. The second-order valence-corrected chi connectivity index (χ2v) is 7.81. The van der Waals surface area contributed by atoms with Gasteiger partial charge in [0.1, 0.15) is 18.1 Å². The molecule has 2 aromatic carbocycles. The first-order valence-corrected chi connectivity index (χ1v) is 10.3. The number of hydrogen-bond acceptors (Lipinski definition) is 5. The highest BCUT2D eigenvalue weighted by Gasteiger charge is 2.17. The number of benzene rings is 2. The second kappa shape index (κ2) is 9.31. The zero-order valence-electron chi connectivity index (χ0n) is 17.1. The molecule has 0 amide bonds. The lowest BCUT2D eigenvalue weighted by molar-refractivity contribution is -0.142. The Kier molecular flexibility index (Phi) is 6.79. The lowest BCUT2D eigenvalue weighted by Crippen LogP contribution is -2.12. The van der Waals surface area contributed by atoms with Crippen molar-refractivity contribution in [1.29, 1.82) is 0 Å². The molecule has 0 aliphatic heterocycles. The molecule has 0 bridgehead atoms. The van der Waals surface area contributed by atoms with Crippen LogP contribution >= 0.6 is 15.9 Å². The van der Waals surface area contributed by atoms with Gasteiger partial charge in [0.2, 0.25) is 0 Å². The molecule has 3 rings (SSSR count). The zero-order chi connectivity index (χ0) is 21.0. The summed E-state index contributed by atoms with van der Waals surface area (Å²) in [6, 6.07) is 11.6. The van der Waals surface area contributed by atoms with E-state index in [9.17, 15) is 4.79 Å². The van der Waals surface area contributed by atoms with Crippen molar-refractivity contribution in [3.63, 3.8) is 0 Å². The Morgan fingerprint density at radius 1 is 1.21 bits per heavy atom. The number of methoxy groups -OCH3 is 1. The molecule has 0 spiro atoms. The number of carbonyl (C=O) groups excluding carboxylic acids is 1. The summed E-state index contributed by atoms with van der Waals surface area (Å²) in [7, 11) is 1.60. The minimum absolute atomic E-state index is 0.142. The number of fused-ring (bicyclic) bond motifs is 1. The summed E-state index contributed by atoms with van der Waals surface area (Å²) in [5.41, 5.74) is 2.64. The summed E-state index contributed by atoms with van der Waals surface area (Å²) >= 11 is 3.54. The number of halogens is 1. The zero-order valence-corrected chi connectivity index (χ0v) is 18.7. The van der Waals surface area contributed by atoms with Crippen molar-refractivity contribution in [1.82, 2.24) is 9.78 Å². The molecule has 0 aliphatic carbocycles. The maximum absolute atomic E-state index is 12.0. The standard InChI is InChI=1S/C22H25BrN2O4/c1-5-28-22(26)10-15-6-8-17(27-4)12-21(15)29-13-20-18-11-16(23)7-9-19(18)24-25(20)14(2)3/h6-9,11-12,14H,5,10,13H2,1-4H3. The first-order valence-electron chi connectivity index (χ1n) is 9.55. The Balaban J connectivity index is 1.93. The summed E-state index contributed by atoms with van der Waals surface area (Å²) in [6.07, 6.45) is 0.142.